The lowest BCUT2D eigenvalue weighted by Gasteiger charge is -2.12. The van der Waals surface area contributed by atoms with Crippen LogP contribution in [0, 0.1) is 5.92 Å². The van der Waals surface area contributed by atoms with Gasteiger partial charge in [-0.1, -0.05) is 42.3 Å². The summed E-state index contributed by atoms with van der Waals surface area (Å²) in [5.41, 5.74) is 3.64. The van der Waals surface area contributed by atoms with Crippen molar-refractivity contribution < 1.29 is 9.94 Å². The van der Waals surface area contributed by atoms with Gasteiger partial charge in [0, 0.05) is 11.3 Å². The lowest BCUT2D eigenvalue weighted by molar-refractivity contribution is 0.301. The Hall–Kier alpha value is -2.88. The van der Waals surface area contributed by atoms with Crippen molar-refractivity contribution in [2.24, 2.45) is 11.1 Å². The molecule has 1 aliphatic carbocycles. The fourth-order valence-electron chi connectivity index (χ4n) is 3.64. The second-order valence-electron chi connectivity index (χ2n) is 6.77. The molecule has 26 heavy (non-hydrogen) atoms. The molecule has 4 rings (SSSR count). The van der Waals surface area contributed by atoms with Crippen LogP contribution < -0.4 is 4.74 Å². The Morgan fingerprint density at radius 1 is 1.00 bits per heavy atom. The van der Waals surface area contributed by atoms with Crippen LogP contribution in [0.25, 0.3) is 10.9 Å². The Morgan fingerprint density at radius 3 is 2.54 bits per heavy atom. The van der Waals surface area contributed by atoms with Crippen molar-refractivity contribution in [3.8, 4) is 5.75 Å². The first kappa shape index (κ1) is 16.6. The van der Waals surface area contributed by atoms with Gasteiger partial charge in [0.25, 0.3) is 0 Å². The van der Waals surface area contributed by atoms with Crippen molar-refractivity contribution in [2.75, 3.05) is 0 Å². The summed E-state index contributed by atoms with van der Waals surface area (Å²) < 4.78 is 5.87. The third kappa shape index (κ3) is 3.54. The van der Waals surface area contributed by atoms with Crippen molar-refractivity contribution >= 4 is 16.6 Å². The molecular formula is C22H22N2O2. The predicted molar refractivity (Wildman–Crippen MR) is 103 cm³/mol. The average molecular weight is 346 g/mol. The van der Waals surface area contributed by atoms with E-state index < -0.39 is 0 Å². The molecule has 1 aliphatic rings. The second kappa shape index (κ2) is 7.56. The van der Waals surface area contributed by atoms with Crippen LogP contribution in [0.4, 0.5) is 0 Å². The van der Waals surface area contributed by atoms with Crippen molar-refractivity contribution in [1.82, 2.24) is 4.98 Å². The van der Waals surface area contributed by atoms with E-state index in [0.717, 1.165) is 46.5 Å². The minimum absolute atomic E-state index is 0.369. The van der Waals surface area contributed by atoms with Crippen LogP contribution in [0.15, 0.2) is 65.8 Å². The van der Waals surface area contributed by atoms with E-state index >= 15 is 0 Å². The van der Waals surface area contributed by atoms with Gasteiger partial charge in [-0.15, -0.1) is 0 Å². The molecule has 0 bridgehead atoms. The summed E-state index contributed by atoms with van der Waals surface area (Å²) in [5, 5.41) is 14.1. The van der Waals surface area contributed by atoms with Crippen molar-refractivity contribution in [3.63, 3.8) is 0 Å². The molecule has 1 N–H and O–H groups in total. The highest BCUT2D eigenvalue weighted by Crippen LogP contribution is 2.29. The topological polar surface area (TPSA) is 54.7 Å². The molecule has 4 heteroatoms. The summed E-state index contributed by atoms with van der Waals surface area (Å²) in [6.07, 6.45) is 4.63. The summed E-state index contributed by atoms with van der Waals surface area (Å²) in [6, 6.07) is 19.9. The Morgan fingerprint density at radius 2 is 1.77 bits per heavy atom. The highest BCUT2D eigenvalue weighted by molar-refractivity contribution is 6.02. The molecule has 4 nitrogen and oxygen atoms in total. The molecule has 0 spiro atoms. The number of benzene rings is 2. The second-order valence-corrected chi connectivity index (χ2v) is 6.77. The minimum atomic E-state index is 0.369. The molecule has 2 aromatic carbocycles. The normalized spacial score (nSPS) is 15.5. The Kier molecular flexibility index (Phi) is 4.82. The quantitative estimate of drug-likeness (QED) is 0.393. The fraction of sp³-hybridized carbons (Fsp3) is 0.273. The number of fused-ring (bicyclic) bond motifs is 1. The molecule has 3 aromatic rings. The van der Waals surface area contributed by atoms with E-state index in [1.807, 2.05) is 48.5 Å². The van der Waals surface area contributed by atoms with E-state index in [9.17, 15) is 5.21 Å². The third-order valence-corrected chi connectivity index (χ3v) is 5.04. The van der Waals surface area contributed by atoms with E-state index in [-0.39, 0.29) is 0 Å². The van der Waals surface area contributed by atoms with E-state index in [1.54, 1.807) is 0 Å². The predicted octanol–water partition coefficient (Wildman–Crippen LogP) is 5.18. The van der Waals surface area contributed by atoms with Gasteiger partial charge in [-0.3, -0.25) is 0 Å². The smallest absolute Gasteiger partial charge is 0.130 e. The van der Waals surface area contributed by atoms with Gasteiger partial charge in [0.15, 0.2) is 0 Å². The number of pyridine rings is 1. The summed E-state index contributed by atoms with van der Waals surface area (Å²) in [5.74, 6) is 1.15. The van der Waals surface area contributed by atoms with Gasteiger partial charge in [-0.05, 0) is 54.8 Å². The van der Waals surface area contributed by atoms with Gasteiger partial charge in [-0.25, -0.2) is 4.98 Å². The van der Waals surface area contributed by atoms with Crippen LogP contribution in [0.1, 0.15) is 36.9 Å². The van der Waals surface area contributed by atoms with Gasteiger partial charge in [0.1, 0.15) is 12.4 Å². The molecule has 1 saturated carbocycles. The number of para-hydroxylation sites is 1. The van der Waals surface area contributed by atoms with Crippen LogP contribution in [0.5, 0.6) is 5.75 Å². The first-order valence-electron chi connectivity index (χ1n) is 9.13. The largest absolute Gasteiger partial charge is 0.487 e. The number of aromatic nitrogens is 1. The Balaban J connectivity index is 1.43. The Labute approximate surface area is 153 Å². The van der Waals surface area contributed by atoms with Crippen LogP contribution in [0.3, 0.4) is 0 Å². The Bertz CT molecular complexity index is 913. The summed E-state index contributed by atoms with van der Waals surface area (Å²) >= 11 is 0. The lowest BCUT2D eigenvalue weighted by Crippen LogP contribution is -2.12. The number of nitrogens with zero attached hydrogens (tertiary/aromatic N) is 2. The van der Waals surface area contributed by atoms with Crippen LogP contribution >= 0.6 is 0 Å². The van der Waals surface area contributed by atoms with Crippen LogP contribution in [0.2, 0.25) is 0 Å². The van der Waals surface area contributed by atoms with Crippen LogP contribution in [-0.2, 0) is 6.61 Å². The first-order chi connectivity index (χ1) is 12.8. The van der Waals surface area contributed by atoms with Crippen LogP contribution in [-0.4, -0.2) is 15.9 Å². The van der Waals surface area contributed by atoms with Gasteiger partial charge < -0.3 is 9.94 Å². The zero-order valence-corrected chi connectivity index (χ0v) is 14.6. The standard InChI is InChI=1S/C22H22N2O2/c25-24-22(17-6-1-2-7-17)18-10-13-20(14-11-18)26-15-19-12-9-16-5-3-4-8-21(16)23-19/h3-5,8-14,17,25H,1-2,6-7,15H2. The maximum absolute atomic E-state index is 9.40. The van der Waals surface area contributed by atoms with E-state index in [0.29, 0.717) is 12.5 Å². The highest BCUT2D eigenvalue weighted by Gasteiger charge is 2.22. The molecule has 1 heterocycles. The number of rotatable bonds is 5. The number of ether oxygens (including phenoxy) is 1. The SMILES string of the molecule is ON=C(c1ccc(OCc2ccc3ccccc3n2)cc1)C1CCCC1. The molecule has 0 unspecified atom stereocenters. The van der Waals surface area contributed by atoms with Crippen molar-refractivity contribution in [2.45, 2.75) is 32.3 Å². The van der Waals surface area contributed by atoms with Crippen molar-refractivity contribution in [1.29, 1.82) is 0 Å². The van der Waals surface area contributed by atoms with Gasteiger partial charge in [0.05, 0.1) is 16.9 Å². The summed E-state index contributed by atoms with van der Waals surface area (Å²) in [6.45, 7) is 0.424. The minimum Gasteiger partial charge on any atom is -0.487 e. The summed E-state index contributed by atoms with van der Waals surface area (Å²) in [7, 11) is 0. The maximum atomic E-state index is 9.40. The van der Waals surface area contributed by atoms with Gasteiger partial charge >= 0.3 is 0 Å². The lowest BCUT2D eigenvalue weighted by atomic mass is 9.95. The molecule has 0 atom stereocenters. The molecule has 1 fully saturated rings. The van der Waals surface area contributed by atoms with E-state index in [2.05, 4.69) is 22.3 Å². The zero-order chi connectivity index (χ0) is 17.8. The molecule has 1 aromatic heterocycles. The first-order valence-corrected chi connectivity index (χ1v) is 9.13. The molecular weight excluding hydrogens is 324 g/mol. The maximum Gasteiger partial charge on any atom is 0.130 e. The van der Waals surface area contributed by atoms with E-state index in [1.165, 1.54) is 12.8 Å². The zero-order valence-electron chi connectivity index (χ0n) is 14.6. The molecule has 132 valence electrons. The number of hydrogen-bond acceptors (Lipinski definition) is 4. The van der Waals surface area contributed by atoms with Gasteiger partial charge in [-0.2, -0.15) is 0 Å². The molecule has 0 aliphatic heterocycles. The van der Waals surface area contributed by atoms with Gasteiger partial charge in [0.2, 0.25) is 0 Å². The number of oxime groups is 1. The fourth-order valence-corrected chi connectivity index (χ4v) is 3.64. The summed E-state index contributed by atoms with van der Waals surface area (Å²) in [4.78, 5) is 4.62. The average Bonchev–Trinajstić information content (AvgIpc) is 3.22. The molecule has 0 amide bonds. The highest BCUT2D eigenvalue weighted by atomic mass is 16.5. The molecule has 0 radical (unpaired) electrons. The van der Waals surface area contributed by atoms with E-state index in [4.69, 9.17) is 4.74 Å². The number of hydrogen-bond donors (Lipinski definition) is 1. The monoisotopic (exact) mass is 346 g/mol. The van der Waals surface area contributed by atoms with Crippen molar-refractivity contribution in [3.05, 3.63) is 71.9 Å². The molecule has 0 saturated heterocycles. The third-order valence-electron chi connectivity index (χ3n) is 5.04.